The maximum absolute atomic E-state index is 12.7. The molecule has 2 aliphatic rings. The molecule has 0 bridgehead atoms. The molecule has 2 amide bonds. The van der Waals surface area contributed by atoms with E-state index in [0.717, 1.165) is 0 Å². The number of anilines is 1. The van der Waals surface area contributed by atoms with E-state index in [0.29, 0.717) is 24.3 Å². The van der Waals surface area contributed by atoms with Gasteiger partial charge < -0.3 is 4.74 Å². The van der Waals surface area contributed by atoms with E-state index in [1.807, 2.05) is 19.1 Å². The van der Waals surface area contributed by atoms with Gasteiger partial charge in [0.15, 0.2) is 0 Å². The maximum Gasteiger partial charge on any atom is 0.240 e. The number of hydrogen-bond acceptors (Lipinski definition) is 3. The van der Waals surface area contributed by atoms with Crippen molar-refractivity contribution in [2.45, 2.75) is 19.8 Å². The molecule has 0 saturated carbocycles. The lowest BCUT2D eigenvalue weighted by atomic mass is 9.72. The Morgan fingerprint density at radius 3 is 2.50 bits per heavy atom. The molecule has 0 unspecified atom stereocenters. The number of imide groups is 1. The Labute approximate surface area is 118 Å². The number of fused-ring (bicyclic) bond motifs is 1. The fourth-order valence-electron chi connectivity index (χ4n) is 3.06. The van der Waals surface area contributed by atoms with E-state index in [9.17, 15) is 9.59 Å². The number of carbonyl (C=O) groups excluding carboxylic acids is 2. The molecule has 4 nitrogen and oxygen atoms in total. The molecule has 2 atom stereocenters. The lowest BCUT2D eigenvalue weighted by Gasteiger charge is -2.27. The number of benzene rings is 1. The fourth-order valence-corrected chi connectivity index (χ4v) is 3.06. The van der Waals surface area contributed by atoms with Crippen molar-refractivity contribution in [1.29, 1.82) is 0 Å². The van der Waals surface area contributed by atoms with Crippen LogP contribution >= 0.6 is 0 Å². The van der Waals surface area contributed by atoms with Crippen LogP contribution in [0.5, 0.6) is 5.75 Å². The summed E-state index contributed by atoms with van der Waals surface area (Å²) in [5.74, 6) is 0.286. The highest BCUT2D eigenvalue weighted by atomic mass is 16.5. The standard InChI is InChI=1S/C16H17NO3/c1-16-10-4-3-5-13(16)14(18)17(15(16)19)11-6-8-12(20-2)9-7-11/h3-4,6-9,13H,5,10H2,1-2H3/t13-,16+/m0/s1. The van der Waals surface area contributed by atoms with Crippen LogP contribution in [-0.2, 0) is 9.59 Å². The van der Waals surface area contributed by atoms with E-state index in [1.165, 1.54) is 4.90 Å². The van der Waals surface area contributed by atoms with Gasteiger partial charge in [0.2, 0.25) is 11.8 Å². The monoisotopic (exact) mass is 271 g/mol. The van der Waals surface area contributed by atoms with Crippen LogP contribution in [-0.4, -0.2) is 18.9 Å². The zero-order valence-corrected chi connectivity index (χ0v) is 11.6. The molecular formula is C16H17NO3. The Hall–Kier alpha value is -2.10. The average Bonchev–Trinajstić information content (AvgIpc) is 2.67. The molecule has 104 valence electrons. The predicted octanol–water partition coefficient (Wildman–Crippen LogP) is 2.54. The quantitative estimate of drug-likeness (QED) is 0.613. The second kappa shape index (κ2) is 4.47. The zero-order valence-electron chi connectivity index (χ0n) is 11.6. The number of carbonyl (C=O) groups is 2. The van der Waals surface area contributed by atoms with E-state index in [2.05, 4.69) is 0 Å². The first kappa shape index (κ1) is 12.9. The smallest absolute Gasteiger partial charge is 0.240 e. The van der Waals surface area contributed by atoms with Crippen LogP contribution in [0, 0.1) is 11.3 Å². The molecule has 0 N–H and O–H groups in total. The van der Waals surface area contributed by atoms with Gasteiger partial charge in [0.25, 0.3) is 0 Å². The molecule has 1 aliphatic carbocycles. The first-order valence-electron chi connectivity index (χ1n) is 6.75. The fraction of sp³-hybridized carbons (Fsp3) is 0.375. The van der Waals surface area contributed by atoms with Gasteiger partial charge in [0.05, 0.1) is 24.1 Å². The number of methoxy groups -OCH3 is 1. The summed E-state index contributed by atoms with van der Waals surface area (Å²) in [6.07, 6.45) is 5.27. The molecule has 1 aliphatic heterocycles. The zero-order chi connectivity index (χ0) is 14.3. The van der Waals surface area contributed by atoms with Crippen LogP contribution in [0.2, 0.25) is 0 Å². The summed E-state index contributed by atoms with van der Waals surface area (Å²) in [7, 11) is 1.59. The van der Waals surface area contributed by atoms with E-state index in [1.54, 1.807) is 31.4 Å². The van der Waals surface area contributed by atoms with Crippen LogP contribution in [0.15, 0.2) is 36.4 Å². The van der Waals surface area contributed by atoms with Crippen molar-refractivity contribution in [3.8, 4) is 5.75 Å². The molecular weight excluding hydrogens is 254 g/mol. The third-order valence-corrected chi connectivity index (χ3v) is 4.39. The summed E-state index contributed by atoms with van der Waals surface area (Å²) < 4.78 is 5.10. The Kier molecular flexibility index (Phi) is 2.89. The average molecular weight is 271 g/mol. The number of ether oxygens (including phenoxy) is 1. The molecule has 4 heteroatoms. The largest absolute Gasteiger partial charge is 0.497 e. The van der Waals surface area contributed by atoms with Gasteiger partial charge >= 0.3 is 0 Å². The summed E-state index contributed by atoms with van der Waals surface area (Å²) >= 11 is 0. The predicted molar refractivity (Wildman–Crippen MR) is 75.5 cm³/mol. The highest BCUT2D eigenvalue weighted by Crippen LogP contribution is 2.47. The number of amides is 2. The summed E-state index contributed by atoms with van der Waals surface area (Å²) in [6.45, 7) is 1.89. The molecule has 0 aromatic heterocycles. The van der Waals surface area contributed by atoms with Crippen LogP contribution in [0.4, 0.5) is 5.69 Å². The second-order valence-electron chi connectivity index (χ2n) is 5.56. The number of nitrogens with zero attached hydrogens (tertiary/aromatic N) is 1. The van der Waals surface area contributed by atoms with Gasteiger partial charge in [-0.15, -0.1) is 0 Å². The molecule has 1 saturated heterocycles. The lowest BCUT2D eigenvalue weighted by Crippen LogP contribution is -2.34. The van der Waals surface area contributed by atoms with Crippen molar-refractivity contribution in [2.24, 2.45) is 11.3 Å². The highest BCUT2D eigenvalue weighted by Gasteiger charge is 2.56. The minimum Gasteiger partial charge on any atom is -0.497 e. The molecule has 1 aromatic carbocycles. The third kappa shape index (κ3) is 1.68. The molecule has 1 aromatic rings. The van der Waals surface area contributed by atoms with Gasteiger partial charge in [0, 0.05) is 0 Å². The lowest BCUT2D eigenvalue weighted by molar-refractivity contribution is -0.126. The van der Waals surface area contributed by atoms with E-state index in [-0.39, 0.29) is 17.7 Å². The number of rotatable bonds is 2. The molecule has 1 fully saturated rings. The van der Waals surface area contributed by atoms with E-state index >= 15 is 0 Å². The Balaban J connectivity index is 1.98. The normalized spacial score (nSPS) is 28.7. The van der Waals surface area contributed by atoms with Gasteiger partial charge in [-0.25, -0.2) is 4.90 Å². The highest BCUT2D eigenvalue weighted by molar-refractivity contribution is 6.23. The Morgan fingerprint density at radius 1 is 1.20 bits per heavy atom. The van der Waals surface area contributed by atoms with Gasteiger partial charge in [-0.1, -0.05) is 12.2 Å². The molecule has 20 heavy (non-hydrogen) atoms. The molecule has 0 radical (unpaired) electrons. The first-order chi connectivity index (χ1) is 9.58. The summed E-state index contributed by atoms with van der Waals surface area (Å²) in [5.41, 5.74) is 0.0302. The SMILES string of the molecule is COc1ccc(N2C(=O)[C@@H]3CC=CC[C@@]3(C)C2=O)cc1. The van der Waals surface area contributed by atoms with Gasteiger partial charge in [0.1, 0.15) is 5.75 Å². The van der Waals surface area contributed by atoms with Crippen LogP contribution < -0.4 is 9.64 Å². The van der Waals surface area contributed by atoms with Crippen LogP contribution in [0.25, 0.3) is 0 Å². The van der Waals surface area contributed by atoms with Crippen molar-refractivity contribution in [2.75, 3.05) is 12.0 Å². The van der Waals surface area contributed by atoms with Crippen molar-refractivity contribution < 1.29 is 14.3 Å². The molecule has 1 heterocycles. The minimum absolute atomic E-state index is 0.0907. The van der Waals surface area contributed by atoms with Gasteiger partial charge in [-0.05, 0) is 44.0 Å². The number of hydrogen-bond donors (Lipinski definition) is 0. The third-order valence-electron chi connectivity index (χ3n) is 4.39. The first-order valence-corrected chi connectivity index (χ1v) is 6.75. The van der Waals surface area contributed by atoms with Gasteiger partial charge in [-0.2, -0.15) is 0 Å². The van der Waals surface area contributed by atoms with Crippen molar-refractivity contribution in [1.82, 2.24) is 0 Å². The van der Waals surface area contributed by atoms with Crippen molar-refractivity contribution in [3.05, 3.63) is 36.4 Å². The summed E-state index contributed by atoms with van der Waals surface area (Å²) in [5, 5.41) is 0. The van der Waals surface area contributed by atoms with Crippen LogP contribution in [0.3, 0.4) is 0 Å². The number of allylic oxidation sites excluding steroid dienone is 2. The van der Waals surface area contributed by atoms with E-state index < -0.39 is 5.41 Å². The molecule has 3 rings (SSSR count). The van der Waals surface area contributed by atoms with Crippen molar-refractivity contribution in [3.63, 3.8) is 0 Å². The molecule has 0 spiro atoms. The van der Waals surface area contributed by atoms with Crippen molar-refractivity contribution >= 4 is 17.5 Å². The van der Waals surface area contributed by atoms with Gasteiger partial charge in [-0.3, -0.25) is 9.59 Å². The van der Waals surface area contributed by atoms with Crippen LogP contribution in [0.1, 0.15) is 19.8 Å². The Bertz CT molecular complexity index is 590. The maximum atomic E-state index is 12.7. The minimum atomic E-state index is -0.592. The Morgan fingerprint density at radius 2 is 1.90 bits per heavy atom. The topological polar surface area (TPSA) is 46.6 Å². The second-order valence-corrected chi connectivity index (χ2v) is 5.56. The summed E-state index contributed by atoms with van der Waals surface area (Å²) in [6, 6.07) is 7.03. The summed E-state index contributed by atoms with van der Waals surface area (Å²) in [4.78, 5) is 26.5. The van der Waals surface area contributed by atoms with E-state index in [4.69, 9.17) is 4.74 Å².